The Hall–Kier alpha value is -2.40. The Bertz CT molecular complexity index is 755. The van der Waals surface area contributed by atoms with Crippen molar-refractivity contribution in [2.45, 2.75) is 33.5 Å². The van der Waals surface area contributed by atoms with Crippen LogP contribution < -0.4 is 0 Å². The maximum Gasteiger partial charge on any atom is 0.0712 e. The minimum Gasteiger partial charge on any atom is -0.392 e. The minimum atomic E-state index is 0.0274. The fourth-order valence-electron chi connectivity index (χ4n) is 2.51. The molecule has 2 aromatic heterocycles. The second-order valence-electron chi connectivity index (χ2n) is 5.39. The predicted octanol–water partition coefficient (Wildman–Crippen LogP) is 2.62. The highest BCUT2D eigenvalue weighted by Gasteiger charge is 2.07. The lowest BCUT2D eigenvalue weighted by molar-refractivity contribution is 0.281. The van der Waals surface area contributed by atoms with Gasteiger partial charge in [0.25, 0.3) is 0 Å². The molecule has 5 heteroatoms. The molecule has 0 spiro atoms. The second-order valence-corrected chi connectivity index (χ2v) is 5.39. The molecule has 1 N–H and O–H groups in total. The Morgan fingerprint density at radius 1 is 1.05 bits per heavy atom. The summed E-state index contributed by atoms with van der Waals surface area (Å²) in [4.78, 5) is 0. The van der Waals surface area contributed by atoms with Crippen LogP contribution in [0, 0.1) is 6.92 Å². The Labute approximate surface area is 129 Å². The zero-order valence-electron chi connectivity index (χ0n) is 12.9. The van der Waals surface area contributed by atoms with Crippen LogP contribution >= 0.6 is 0 Å². The van der Waals surface area contributed by atoms with Crippen LogP contribution in [-0.2, 0) is 19.7 Å². The fourth-order valence-corrected chi connectivity index (χ4v) is 2.51. The van der Waals surface area contributed by atoms with E-state index in [4.69, 9.17) is 5.11 Å². The lowest BCUT2D eigenvalue weighted by Gasteiger charge is -2.04. The predicted molar refractivity (Wildman–Crippen MR) is 85.3 cm³/mol. The van der Waals surface area contributed by atoms with Gasteiger partial charge < -0.3 is 5.11 Å². The van der Waals surface area contributed by atoms with Gasteiger partial charge >= 0.3 is 0 Å². The summed E-state index contributed by atoms with van der Waals surface area (Å²) in [6, 6.07) is 8.46. The molecular weight excluding hydrogens is 276 g/mol. The number of hydrogen-bond donors (Lipinski definition) is 1. The number of aliphatic hydroxyl groups excluding tert-OH is 1. The molecule has 3 rings (SSSR count). The molecule has 114 valence electrons. The number of aliphatic hydroxyl groups is 1. The maximum atomic E-state index is 9.07. The summed E-state index contributed by atoms with van der Waals surface area (Å²) in [7, 11) is 0. The summed E-state index contributed by atoms with van der Waals surface area (Å²) in [6.45, 7) is 5.73. The number of aromatic nitrogens is 4. The van der Waals surface area contributed by atoms with Crippen molar-refractivity contribution in [1.82, 2.24) is 19.6 Å². The molecule has 0 aliphatic carbocycles. The average molecular weight is 296 g/mol. The van der Waals surface area contributed by atoms with E-state index in [-0.39, 0.29) is 6.61 Å². The number of hydrogen-bond acceptors (Lipinski definition) is 3. The van der Waals surface area contributed by atoms with Crippen molar-refractivity contribution >= 4 is 0 Å². The van der Waals surface area contributed by atoms with Gasteiger partial charge in [0.05, 0.1) is 25.0 Å². The van der Waals surface area contributed by atoms with E-state index in [9.17, 15) is 0 Å². The fraction of sp³-hybridized carbons (Fsp3) is 0.294. The van der Waals surface area contributed by atoms with Gasteiger partial charge in [-0.05, 0) is 25.0 Å². The number of benzene rings is 1. The van der Waals surface area contributed by atoms with Crippen molar-refractivity contribution < 1.29 is 5.11 Å². The van der Waals surface area contributed by atoms with E-state index < -0.39 is 0 Å². The van der Waals surface area contributed by atoms with Gasteiger partial charge in [0.15, 0.2) is 0 Å². The molecule has 1 aromatic carbocycles. The molecule has 0 amide bonds. The van der Waals surface area contributed by atoms with Crippen LogP contribution in [0.15, 0.2) is 42.9 Å². The van der Waals surface area contributed by atoms with Crippen molar-refractivity contribution in [3.05, 3.63) is 59.7 Å². The van der Waals surface area contributed by atoms with E-state index in [2.05, 4.69) is 47.6 Å². The zero-order valence-corrected chi connectivity index (χ0v) is 12.9. The third-order valence-corrected chi connectivity index (χ3v) is 3.75. The van der Waals surface area contributed by atoms with E-state index in [1.165, 1.54) is 16.7 Å². The minimum absolute atomic E-state index is 0.0274. The lowest BCUT2D eigenvalue weighted by Crippen LogP contribution is -1.99. The Kier molecular flexibility index (Phi) is 4.06. The number of aryl methyl sites for hydroxylation is 2. The van der Waals surface area contributed by atoms with Crippen molar-refractivity contribution in [2.24, 2.45) is 0 Å². The third-order valence-electron chi connectivity index (χ3n) is 3.75. The number of rotatable bonds is 5. The molecule has 22 heavy (non-hydrogen) atoms. The van der Waals surface area contributed by atoms with E-state index in [1.807, 2.05) is 22.5 Å². The summed E-state index contributed by atoms with van der Waals surface area (Å²) >= 11 is 0. The molecule has 0 unspecified atom stereocenters. The van der Waals surface area contributed by atoms with E-state index in [0.717, 1.165) is 17.8 Å². The van der Waals surface area contributed by atoms with Crippen LogP contribution in [0.1, 0.15) is 23.7 Å². The first kappa shape index (κ1) is 14.5. The molecule has 0 bridgehead atoms. The Morgan fingerprint density at radius 2 is 1.82 bits per heavy atom. The van der Waals surface area contributed by atoms with Crippen LogP contribution in [-0.4, -0.2) is 24.7 Å². The normalized spacial score (nSPS) is 11.0. The zero-order chi connectivity index (χ0) is 15.5. The van der Waals surface area contributed by atoms with Crippen LogP contribution in [0.3, 0.4) is 0 Å². The first-order chi connectivity index (χ1) is 10.7. The molecule has 2 heterocycles. The molecular formula is C17H20N4O. The maximum absolute atomic E-state index is 9.07. The average Bonchev–Trinajstić information content (AvgIpc) is 3.14. The summed E-state index contributed by atoms with van der Waals surface area (Å²) in [5.41, 5.74) is 5.41. The lowest BCUT2D eigenvalue weighted by atomic mass is 10.1. The van der Waals surface area contributed by atoms with Gasteiger partial charge in [-0.2, -0.15) is 10.2 Å². The highest BCUT2D eigenvalue weighted by Crippen LogP contribution is 2.23. The Morgan fingerprint density at radius 3 is 2.41 bits per heavy atom. The van der Waals surface area contributed by atoms with Gasteiger partial charge in [-0.1, -0.05) is 24.3 Å². The molecule has 0 fully saturated rings. The quantitative estimate of drug-likeness (QED) is 0.787. The van der Waals surface area contributed by atoms with Gasteiger partial charge in [0.2, 0.25) is 0 Å². The largest absolute Gasteiger partial charge is 0.392 e. The molecule has 3 aromatic rings. The summed E-state index contributed by atoms with van der Waals surface area (Å²) < 4.78 is 3.79. The third kappa shape index (κ3) is 2.94. The monoisotopic (exact) mass is 296 g/mol. The molecule has 0 aliphatic rings. The molecule has 0 saturated heterocycles. The number of nitrogens with zero attached hydrogens (tertiary/aromatic N) is 4. The highest BCUT2D eigenvalue weighted by atomic mass is 16.3. The molecule has 0 atom stereocenters. The first-order valence-electron chi connectivity index (χ1n) is 7.45. The van der Waals surface area contributed by atoms with Crippen molar-refractivity contribution in [3.8, 4) is 11.1 Å². The standard InChI is InChI=1S/C17H20N4O/c1-3-20-11-17(13(2)19-20)16-6-4-14(5-7-16)9-21-10-15(12-22)8-18-21/h4-8,10-11,22H,3,9,12H2,1-2H3. The SMILES string of the molecule is CCn1cc(-c2ccc(Cn3cc(CO)cn3)cc2)c(C)n1. The van der Waals surface area contributed by atoms with Gasteiger partial charge in [-0.3, -0.25) is 9.36 Å². The van der Waals surface area contributed by atoms with E-state index >= 15 is 0 Å². The Balaban J connectivity index is 1.78. The summed E-state index contributed by atoms with van der Waals surface area (Å²) in [6.07, 6.45) is 5.64. The van der Waals surface area contributed by atoms with Gasteiger partial charge in [-0.15, -0.1) is 0 Å². The van der Waals surface area contributed by atoms with Crippen LogP contribution in [0.5, 0.6) is 0 Å². The van der Waals surface area contributed by atoms with Crippen LogP contribution in [0.4, 0.5) is 0 Å². The second kappa shape index (κ2) is 6.15. The van der Waals surface area contributed by atoms with Gasteiger partial charge in [0.1, 0.15) is 0 Å². The van der Waals surface area contributed by atoms with Crippen molar-refractivity contribution in [1.29, 1.82) is 0 Å². The summed E-state index contributed by atoms with van der Waals surface area (Å²) in [5.74, 6) is 0. The van der Waals surface area contributed by atoms with Crippen LogP contribution in [0.25, 0.3) is 11.1 Å². The topological polar surface area (TPSA) is 55.9 Å². The van der Waals surface area contributed by atoms with Gasteiger partial charge in [-0.25, -0.2) is 0 Å². The van der Waals surface area contributed by atoms with E-state index in [1.54, 1.807) is 6.20 Å². The van der Waals surface area contributed by atoms with E-state index in [0.29, 0.717) is 6.54 Å². The molecule has 5 nitrogen and oxygen atoms in total. The smallest absolute Gasteiger partial charge is 0.0712 e. The first-order valence-corrected chi connectivity index (χ1v) is 7.45. The molecule has 0 aliphatic heterocycles. The molecule has 0 saturated carbocycles. The summed E-state index contributed by atoms with van der Waals surface area (Å²) in [5, 5.41) is 17.8. The van der Waals surface area contributed by atoms with Crippen LogP contribution in [0.2, 0.25) is 0 Å². The molecule has 0 radical (unpaired) electrons. The highest BCUT2D eigenvalue weighted by molar-refractivity contribution is 5.65. The van der Waals surface area contributed by atoms with Crippen molar-refractivity contribution in [2.75, 3.05) is 0 Å². The van der Waals surface area contributed by atoms with Crippen molar-refractivity contribution in [3.63, 3.8) is 0 Å². The van der Waals surface area contributed by atoms with Gasteiger partial charge in [0, 0.05) is 30.1 Å².